The second-order valence-corrected chi connectivity index (χ2v) is 6.83. The van der Waals surface area contributed by atoms with Crippen molar-refractivity contribution < 1.29 is 19.4 Å². The molecule has 2 unspecified atom stereocenters. The molecule has 128 valence electrons. The fourth-order valence-electron chi connectivity index (χ4n) is 2.10. The normalized spacial score (nSPS) is 14.0. The number of ether oxygens (including phenoxy) is 1. The van der Waals surface area contributed by atoms with Crippen LogP contribution in [0.3, 0.4) is 0 Å². The Morgan fingerprint density at radius 2 is 1.78 bits per heavy atom. The van der Waals surface area contributed by atoms with Crippen LogP contribution >= 0.6 is 0 Å². The fourth-order valence-corrected chi connectivity index (χ4v) is 2.10. The Labute approximate surface area is 138 Å². The summed E-state index contributed by atoms with van der Waals surface area (Å²) in [5.74, 6) is -1.01. The van der Waals surface area contributed by atoms with Gasteiger partial charge in [-0.15, -0.1) is 0 Å². The third-order valence-corrected chi connectivity index (χ3v) is 3.89. The minimum absolute atomic E-state index is 0.0565. The number of benzene rings is 1. The van der Waals surface area contributed by atoms with Crippen LogP contribution in [0, 0.1) is 5.92 Å². The largest absolute Gasteiger partial charge is 0.484 e. The molecule has 2 N–H and O–H groups in total. The molecule has 1 amide bonds. The maximum absolute atomic E-state index is 11.9. The molecule has 0 fully saturated rings. The first kappa shape index (κ1) is 19.0. The summed E-state index contributed by atoms with van der Waals surface area (Å²) in [6.45, 7) is 9.85. The van der Waals surface area contributed by atoms with Gasteiger partial charge in [-0.05, 0) is 29.0 Å². The van der Waals surface area contributed by atoms with Gasteiger partial charge in [0.25, 0.3) is 5.91 Å². The van der Waals surface area contributed by atoms with Gasteiger partial charge in [0, 0.05) is 0 Å². The number of amides is 1. The molecule has 0 bridgehead atoms. The number of hydrogen-bond donors (Lipinski definition) is 2. The molecule has 2 atom stereocenters. The predicted octanol–water partition coefficient (Wildman–Crippen LogP) is 2.98. The van der Waals surface area contributed by atoms with Crippen LogP contribution in [0.5, 0.6) is 5.75 Å². The van der Waals surface area contributed by atoms with Gasteiger partial charge in [0.05, 0.1) is 0 Å². The summed E-state index contributed by atoms with van der Waals surface area (Å²) < 4.78 is 5.42. The number of hydrogen-bond acceptors (Lipinski definition) is 3. The van der Waals surface area contributed by atoms with Crippen molar-refractivity contribution in [3.05, 3.63) is 29.8 Å². The minimum atomic E-state index is -1.03. The van der Waals surface area contributed by atoms with Gasteiger partial charge in [-0.25, -0.2) is 4.79 Å². The van der Waals surface area contributed by atoms with Crippen LogP contribution in [0.2, 0.25) is 0 Å². The average molecular weight is 321 g/mol. The van der Waals surface area contributed by atoms with E-state index in [0.717, 1.165) is 0 Å². The number of carboxylic acid groups (broad SMARTS) is 1. The number of aliphatic carboxylic acids is 1. The van der Waals surface area contributed by atoms with Crippen molar-refractivity contribution in [1.82, 2.24) is 5.32 Å². The Balaban J connectivity index is 2.57. The fraction of sp³-hybridized carbons (Fsp3) is 0.556. The van der Waals surface area contributed by atoms with Gasteiger partial charge in [0.15, 0.2) is 6.61 Å². The van der Waals surface area contributed by atoms with Crippen molar-refractivity contribution >= 4 is 11.9 Å². The highest BCUT2D eigenvalue weighted by atomic mass is 16.5. The van der Waals surface area contributed by atoms with Crippen LogP contribution in [0.25, 0.3) is 0 Å². The maximum Gasteiger partial charge on any atom is 0.326 e. The molecule has 1 rings (SSSR count). The monoisotopic (exact) mass is 321 g/mol. The van der Waals surface area contributed by atoms with E-state index in [-0.39, 0.29) is 17.9 Å². The summed E-state index contributed by atoms with van der Waals surface area (Å²) in [6.07, 6.45) is 0.673. The van der Waals surface area contributed by atoms with E-state index < -0.39 is 17.9 Å². The van der Waals surface area contributed by atoms with Crippen LogP contribution in [-0.4, -0.2) is 29.6 Å². The molecule has 0 aliphatic rings. The molecule has 5 heteroatoms. The lowest BCUT2D eigenvalue weighted by Gasteiger charge is -2.20. The zero-order chi connectivity index (χ0) is 17.6. The molecule has 0 heterocycles. The molecule has 23 heavy (non-hydrogen) atoms. The van der Waals surface area contributed by atoms with Gasteiger partial charge >= 0.3 is 5.97 Å². The molecule has 5 nitrogen and oxygen atoms in total. The third-order valence-electron chi connectivity index (χ3n) is 3.89. The Bertz CT molecular complexity index is 531. The summed E-state index contributed by atoms with van der Waals surface area (Å²) in [4.78, 5) is 23.1. The highest BCUT2D eigenvalue weighted by Crippen LogP contribution is 2.24. The van der Waals surface area contributed by atoms with Crippen LogP contribution in [-0.2, 0) is 15.0 Å². The highest BCUT2D eigenvalue weighted by Gasteiger charge is 2.25. The zero-order valence-electron chi connectivity index (χ0n) is 14.6. The van der Waals surface area contributed by atoms with Crippen LogP contribution < -0.4 is 10.1 Å². The molecule has 0 spiro atoms. The van der Waals surface area contributed by atoms with Gasteiger partial charge in [-0.3, -0.25) is 4.79 Å². The predicted molar refractivity (Wildman–Crippen MR) is 89.7 cm³/mol. The van der Waals surface area contributed by atoms with E-state index in [0.29, 0.717) is 12.2 Å². The van der Waals surface area contributed by atoms with Gasteiger partial charge < -0.3 is 15.2 Å². The summed E-state index contributed by atoms with van der Waals surface area (Å²) in [5, 5.41) is 11.7. The number of carbonyl (C=O) groups excluding carboxylic acids is 1. The highest BCUT2D eigenvalue weighted by molar-refractivity contribution is 5.84. The molecule has 1 aromatic carbocycles. The molecular formula is C18H27NO4. The van der Waals surface area contributed by atoms with E-state index in [2.05, 4.69) is 26.1 Å². The molecule has 1 aromatic rings. The van der Waals surface area contributed by atoms with Crippen molar-refractivity contribution in [2.24, 2.45) is 5.92 Å². The molecule has 0 saturated heterocycles. The smallest absolute Gasteiger partial charge is 0.326 e. The summed E-state index contributed by atoms with van der Waals surface area (Å²) in [5.41, 5.74) is 1.23. The summed E-state index contributed by atoms with van der Waals surface area (Å²) in [6, 6.07) is 6.67. The first-order chi connectivity index (χ1) is 10.6. The van der Waals surface area contributed by atoms with Crippen molar-refractivity contribution in [3.8, 4) is 5.75 Å². The van der Waals surface area contributed by atoms with E-state index in [1.54, 1.807) is 6.92 Å². The maximum atomic E-state index is 11.9. The molecule has 0 saturated carbocycles. The number of carboxylic acids is 1. The average Bonchev–Trinajstić information content (AvgIpc) is 2.49. The molecule has 0 radical (unpaired) electrons. The van der Waals surface area contributed by atoms with Gasteiger partial charge in [0.2, 0.25) is 0 Å². The Morgan fingerprint density at radius 3 is 2.22 bits per heavy atom. The van der Waals surface area contributed by atoms with Crippen LogP contribution in [0.1, 0.15) is 46.6 Å². The number of rotatable bonds is 7. The lowest BCUT2D eigenvalue weighted by atomic mass is 9.87. The standard InChI is InChI=1S/C18H27NO4/c1-6-12(2)16(17(21)22)19-15(20)11-23-14-9-7-13(8-10-14)18(3,4)5/h7-10,12,16H,6,11H2,1-5H3,(H,19,20)(H,21,22). The number of carbonyl (C=O) groups is 2. The van der Waals surface area contributed by atoms with Crippen molar-refractivity contribution in [2.45, 2.75) is 52.5 Å². The second kappa shape index (κ2) is 7.99. The number of nitrogens with one attached hydrogen (secondary N) is 1. The molecule has 0 aromatic heterocycles. The van der Waals surface area contributed by atoms with Crippen molar-refractivity contribution in [3.63, 3.8) is 0 Å². The first-order valence-electron chi connectivity index (χ1n) is 7.90. The SMILES string of the molecule is CCC(C)C(NC(=O)COc1ccc(C(C)(C)C)cc1)C(=O)O. The van der Waals surface area contributed by atoms with Gasteiger partial charge in [-0.2, -0.15) is 0 Å². The first-order valence-corrected chi connectivity index (χ1v) is 7.90. The van der Waals surface area contributed by atoms with E-state index in [1.807, 2.05) is 31.2 Å². The van der Waals surface area contributed by atoms with Crippen molar-refractivity contribution in [2.75, 3.05) is 6.61 Å². The lowest BCUT2D eigenvalue weighted by Crippen LogP contribution is -2.46. The topological polar surface area (TPSA) is 75.6 Å². The van der Waals surface area contributed by atoms with E-state index >= 15 is 0 Å². The zero-order valence-corrected chi connectivity index (χ0v) is 14.6. The van der Waals surface area contributed by atoms with Crippen molar-refractivity contribution in [1.29, 1.82) is 0 Å². The molecular weight excluding hydrogens is 294 g/mol. The third kappa shape index (κ3) is 5.93. The van der Waals surface area contributed by atoms with Gasteiger partial charge in [-0.1, -0.05) is 53.2 Å². The van der Waals surface area contributed by atoms with E-state index in [9.17, 15) is 9.59 Å². The van der Waals surface area contributed by atoms with Gasteiger partial charge in [0.1, 0.15) is 11.8 Å². The summed E-state index contributed by atoms with van der Waals surface area (Å²) >= 11 is 0. The Kier molecular flexibility index (Phi) is 6.61. The molecule has 0 aliphatic carbocycles. The quantitative estimate of drug-likeness (QED) is 0.809. The van der Waals surface area contributed by atoms with E-state index in [4.69, 9.17) is 9.84 Å². The Morgan fingerprint density at radius 1 is 1.22 bits per heavy atom. The van der Waals surface area contributed by atoms with Crippen LogP contribution in [0.4, 0.5) is 0 Å². The van der Waals surface area contributed by atoms with E-state index in [1.165, 1.54) is 5.56 Å². The Hall–Kier alpha value is -2.04. The minimum Gasteiger partial charge on any atom is -0.484 e. The summed E-state index contributed by atoms with van der Waals surface area (Å²) in [7, 11) is 0. The van der Waals surface area contributed by atoms with Crippen LogP contribution in [0.15, 0.2) is 24.3 Å². The second-order valence-electron chi connectivity index (χ2n) is 6.83. The molecule has 0 aliphatic heterocycles. The lowest BCUT2D eigenvalue weighted by molar-refractivity contribution is -0.143.